The predicted molar refractivity (Wildman–Crippen MR) is 109 cm³/mol. The Balaban J connectivity index is 2.26. The Labute approximate surface area is 165 Å². The van der Waals surface area contributed by atoms with Gasteiger partial charge in [-0.05, 0) is 0 Å². The number of hydrogen-bond donors (Lipinski definition) is 0. The van der Waals surface area contributed by atoms with Crippen molar-refractivity contribution in [2.45, 2.75) is 73.5 Å². The predicted octanol–water partition coefficient (Wildman–Crippen LogP) is 6.35. The Bertz CT molecular complexity index is 735. The van der Waals surface area contributed by atoms with Crippen LogP contribution < -0.4 is 8.51 Å². The Morgan fingerprint density at radius 3 is 2.04 bits per heavy atom. The molecule has 0 aliphatic heterocycles. The van der Waals surface area contributed by atoms with Crippen LogP contribution in [0.15, 0.2) is 38.8 Å². The van der Waals surface area contributed by atoms with E-state index in [4.69, 9.17) is 3.32 Å². The molecule has 136 valence electrons. The molecule has 0 aromatic heterocycles. The van der Waals surface area contributed by atoms with Crippen LogP contribution in [0.25, 0.3) is 0 Å². The van der Waals surface area contributed by atoms with Crippen molar-refractivity contribution < 1.29 is 22.9 Å². The molecule has 1 unspecified atom stereocenters. The van der Waals surface area contributed by atoms with Crippen molar-refractivity contribution in [3.8, 4) is 5.75 Å². The fourth-order valence-electron chi connectivity index (χ4n) is 3.24. The van der Waals surface area contributed by atoms with Gasteiger partial charge in [-0.3, -0.25) is 0 Å². The summed E-state index contributed by atoms with van der Waals surface area (Å²) in [6, 6.07) is 6.92. The monoisotopic (exact) mass is 390 g/mol. The van der Waals surface area contributed by atoms with Gasteiger partial charge in [0.05, 0.1) is 0 Å². The maximum atomic E-state index is 6.42. The van der Waals surface area contributed by atoms with E-state index in [9.17, 15) is 0 Å². The van der Waals surface area contributed by atoms with Gasteiger partial charge >= 0.3 is 166 Å². The molecular formula is C22H34OSiTi. The molecule has 1 aliphatic carbocycles. The number of hydrogen-bond acceptors (Lipinski definition) is 1. The molecule has 0 amide bonds. The van der Waals surface area contributed by atoms with Gasteiger partial charge in [0.2, 0.25) is 0 Å². The summed E-state index contributed by atoms with van der Waals surface area (Å²) in [5, 5.41) is 1.85. The average Bonchev–Trinajstić information content (AvgIpc) is 2.68. The second-order valence-electron chi connectivity index (χ2n) is 9.18. The zero-order valence-electron chi connectivity index (χ0n) is 17.7. The Morgan fingerprint density at radius 1 is 0.960 bits per heavy atom. The third-order valence-electron chi connectivity index (χ3n) is 6.57. The van der Waals surface area contributed by atoms with Crippen molar-refractivity contribution in [3.05, 3.63) is 44.4 Å². The zero-order valence-corrected chi connectivity index (χ0v) is 20.3. The first-order valence-electron chi connectivity index (χ1n) is 9.29. The average molecular weight is 390 g/mol. The first kappa shape index (κ1) is 20.7. The molecule has 0 saturated carbocycles. The van der Waals surface area contributed by atoms with Gasteiger partial charge in [0.1, 0.15) is 0 Å². The van der Waals surface area contributed by atoms with Crippen LogP contribution in [-0.4, -0.2) is 8.07 Å². The molecule has 1 aliphatic rings. The van der Waals surface area contributed by atoms with Crippen LogP contribution in [0, 0.1) is 12.8 Å². The first-order valence-corrected chi connectivity index (χ1v) is 13.7. The van der Waals surface area contributed by atoms with Crippen molar-refractivity contribution in [3.63, 3.8) is 0 Å². The van der Waals surface area contributed by atoms with E-state index in [1.807, 2.05) is 0 Å². The van der Waals surface area contributed by atoms with Gasteiger partial charge in [-0.2, -0.15) is 0 Å². The summed E-state index contributed by atoms with van der Waals surface area (Å²) in [4.78, 5) is 0. The van der Waals surface area contributed by atoms with E-state index in [0.717, 1.165) is 5.75 Å². The molecule has 1 aromatic rings. The van der Waals surface area contributed by atoms with E-state index in [1.54, 1.807) is 3.88 Å². The van der Waals surface area contributed by atoms with Crippen LogP contribution in [-0.2, 0) is 19.5 Å². The zero-order chi connectivity index (χ0) is 19.2. The molecule has 1 nitrogen and oxygen atoms in total. The van der Waals surface area contributed by atoms with Gasteiger partial charge in [-0.1, -0.05) is 0 Å². The SMILES string of the molecule is CC1=C(C)C(C)[C]([Ti][O]c2cc(C)cc([Si](C)(C)C(C)(C)C)c2)=C1C. The van der Waals surface area contributed by atoms with Crippen LogP contribution in [0.1, 0.15) is 54.0 Å². The molecule has 1 atom stereocenters. The second-order valence-corrected chi connectivity index (χ2v) is 16.0. The van der Waals surface area contributed by atoms with Crippen molar-refractivity contribution in [2.24, 2.45) is 5.92 Å². The summed E-state index contributed by atoms with van der Waals surface area (Å²) in [6.45, 7) is 23.4. The molecule has 0 saturated heterocycles. The molecule has 0 radical (unpaired) electrons. The molecule has 0 bridgehead atoms. The molecule has 0 spiro atoms. The van der Waals surface area contributed by atoms with Crippen molar-refractivity contribution in [1.29, 1.82) is 0 Å². The first-order chi connectivity index (χ1) is 11.4. The summed E-state index contributed by atoms with van der Waals surface area (Å²) >= 11 is -0.583. The number of rotatable bonds is 4. The summed E-state index contributed by atoms with van der Waals surface area (Å²) in [5.74, 6) is 1.64. The van der Waals surface area contributed by atoms with E-state index in [-0.39, 0.29) is 0 Å². The van der Waals surface area contributed by atoms with E-state index in [0.29, 0.717) is 11.0 Å². The normalized spacial score (nSPS) is 18.9. The Morgan fingerprint density at radius 2 is 1.56 bits per heavy atom. The van der Waals surface area contributed by atoms with Gasteiger partial charge in [0.25, 0.3) is 0 Å². The number of allylic oxidation sites excluding steroid dienone is 4. The molecule has 3 heteroatoms. The van der Waals surface area contributed by atoms with Gasteiger partial charge < -0.3 is 0 Å². The molecule has 0 fully saturated rings. The van der Waals surface area contributed by atoms with Crippen molar-refractivity contribution in [1.82, 2.24) is 0 Å². The topological polar surface area (TPSA) is 9.23 Å². The van der Waals surface area contributed by atoms with Crippen LogP contribution in [0.5, 0.6) is 5.75 Å². The minimum absolute atomic E-state index is 0.339. The summed E-state index contributed by atoms with van der Waals surface area (Å²) in [7, 11) is -1.54. The standard InChI is InChI=1S/C13H22OSi.C9H13.Ti/c1-10-7-11(14)9-12(8-10)15(5,6)13(2,3)4;1-6-5-7(2)9(4)8(6)3;/h7-9,14H,1-6H3;6H,1-4H3;/q;;+1/p-1. The van der Waals surface area contributed by atoms with E-state index in [1.165, 1.54) is 27.5 Å². The molecular weight excluding hydrogens is 356 g/mol. The third kappa shape index (κ3) is 4.07. The van der Waals surface area contributed by atoms with Crippen molar-refractivity contribution >= 4 is 13.3 Å². The molecule has 1 aromatic carbocycles. The summed E-state index contributed by atoms with van der Waals surface area (Å²) < 4.78 is 7.98. The van der Waals surface area contributed by atoms with Gasteiger partial charge in [0, 0.05) is 0 Å². The van der Waals surface area contributed by atoms with Gasteiger partial charge in [0.15, 0.2) is 0 Å². The van der Waals surface area contributed by atoms with E-state index in [2.05, 4.69) is 86.7 Å². The molecule has 0 N–H and O–H groups in total. The van der Waals surface area contributed by atoms with Gasteiger partial charge in [-0.15, -0.1) is 0 Å². The van der Waals surface area contributed by atoms with Crippen molar-refractivity contribution in [2.75, 3.05) is 0 Å². The van der Waals surface area contributed by atoms with Crippen LogP contribution in [0.4, 0.5) is 0 Å². The Hall–Kier alpha value is -0.569. The molecule has 25 heavy (non-hydrogen) atoms. The van der Waals surface area contributed by atoms with Crippen LogP contribution in [0.3, 0.4) is 0 Å². The fraction of sp³-hybridized carbons (Fsp3) is 0.545. The molecule has 2 rings (SSSR count). The summed E-state index contributed by atoms with van der Waals surface area (Å²) in [6.07, 6.45) is 0. The second kappa shape index (κ2) is 7.21. The fourth-order valence-corrected chi connectivity index (χ4v) is 6.89. The van der Waals surface area contributed by atoms with Crippen LogP contribution in [0.2, 0.25) is 18.1 Å². The maximum absolute atomic E-state index is 6.42. The van der Waals surface area contributed by atoms with Crippen LogP contribution >= 0.6 is 0 Å². The molecule has 0 heterocycles. The third-order valence-corrected chi connectivity index (χ3v) is 14.2. The quantitative estimate of drug-likeness (QED) is 0.545. The van der Waals surface area contributed by atoms with Gasteiger partial charge in [-0.25, -0.2) is 0 Å². The number of aryl methyl sites for hydroxylation is 1. The minimum atomic E-state index is -1.54. The van der Waals surface area contributed by atoms with E-state index < -0.39 is 27.6 Å². The van der Waals surface area contributed by atoms with E-state index >= 15 is 0 Å². The number of benzene rings is 1. The summed E-state index contributed by atoms with van der Waals surface area (Å²) in [5.41, 5.74) is 5.79. The Kier molecular flexibility index (Phi) is 5.98.